The van der Waals surface area contributed by atoms with Crippen molar-refractivity contribution in [1.29, 1.82) is 0 Å². The predicted molar refractivity (Wildman–Crippen MR) is 96.5 cm³/mol. The lowest BCUT2D eigenvalue weighted by atomic mass is 10.2. The van der Waals surface area contributed by atoms with Gasteiger partial charge in [0.25, 0.3) is 5.91 Å². The van der Waals surface area contributed by atoms with Crippen LogP contribution in [0.3, 0.4) is 0 Å². The van der Waals surface area contributed by atoms with E-state index in [2.05, 4.69) is 20.6 Å². The Hall–Kier alpha value is -2.94. The molecule has 0 saturated carbocycles. The third kappa shape index (κ3) is 3.52. The number of aromatic nitrogens is 4. The maximum atomic E-state index is 14.1. The number of halogens is 1. The third-order valence-corrected chi connectivity index (χ3v) is 4.70. The molecule has 0 bridgehead atoms. The molecule has 3 rings (SSSR count). The molecule has 0 spiro atoms. The molecule has 2 aromatic heterocycles. The molecule has 9 heteroatoms. The molecule has 1 amide bonds. The van der Waals surface area contributed by atoms with Crippen LogP contribution in [0.5, 0.6) is 0 Å². The summed E-state index contributed by atoms with van der Waals surface area (Å²) >= 11 is 1.23. The Labute approximate surface area is 152 Å². The van der Waals surface area contributed by atoms with E-state index >= 15 is 0 Å². The second-order valence-electron chi connectivity index (χ2n) is 5.92. The minimum atomic E-state index is -0.716. The molecule has 0 radical (unpaired) electrons. The Balaban J connectivity index is 1.97. The number of nitrogens with zero attached hydrogens (tertiary/aromatic N) is 4. The zero-order chi connectivity index (χ0) is 18.8. The Morgan fingerprint density at radius 2 is 2.00 bits per heavy atom. The molecule has 2 heterocycles. The molecule has 0 saturated heterocycles. The van der Waals surface area contributed by atoms with Crippen LogP contribution < -0.4 is 10.7 Å². The highest BCUT2D eigenvalue weighted by Crippen LogP contribution is 2.22. The lowest BCUT2D eigenvalue weighted by Gasteiger charge is -2.11. The van der Waals surface area contributed by atoms with Gasteiger partial charge in [0, 0.05) is 17.7 Å². The summed E-state index contributed by atoms with van der Waals surface area (Å²) in [6.07, 6.45) is 0. The van der Waals surface area contributed by atoms with Gasteiger partial charge in [0.1, 0.15) is 16.5 Å². The summed E-state index contributed by atoms with van der Waals surface area (Å²) in [5, 5.41) is 15.5. The fourth-order valence-electron chi connectivity index (χ4n) is 2.25. The van der Waals surface area contributed by atoms with Crippen LogP contribution in [-0.2, 0) is 0 Å². The highest BCUT2D eigenvalue weighted by molar-refractivity contribution is 7.15. The summed E-state index contributed by atoms with van der Waals surface area (Å²) in [5.74, 6) is -1.05. The molecule has 3 aromatic rings. The maximum absolute atomic E-state index is 14.1. The first-order valence-electron chi connectivity index (χ1n) is 7.87. The molecule has 7 nitrogen and oxygen atoms in total. The van der Waals surface area contributed by atoms with Gasteiger partial charge in [0.15, 0.2) is 5.69 Å². The standard InChI is InChI=1S/C17H16FN5O2S/c1-9(2)16-20-21-17(26-16)19-15(25)14-13(24)8-10(3)23(22-14)12-7-5-4-6-11(12)18/h4-9H,1-3H3,(H,19,21,25). The van der Waals surface area contributed by atoms with Gasteiger partial charge in [-0.2, -0.15) is 5.10 Å². The van der Waals surface area contributed by atoms with Crippen LogP contribution in [-0.4, -0.2) is 25.9 Å². The van der Waals surface area contributed by atoms with Crippen LogP contribution in [0.2, 0.25) is 0 Å². The summed E-state index contributed by atoms with van der Waals surface area (Å²) in [6.45, 7) is 5.53. The SMILES string of the molecule is Cc1cc(=O)c(C(=O)Nc2nnc(C(C)C)s2)nn1-c1ccccc1F. The topological polar surface area (TPSA) is 89.8 Å². The van der Waals surface area contributed by atoms with Crippen molar-refractivity contribution in [3.63, 3.8) is 0 Å². The van der Waals surface area contributed by atoms with E-state index in [4.69, 9.17) is 0 Å². The largest absolute Gasteiger partial charge is 0.295 e. The molecule has 0 aliphatic heterocycles. The minimum absolute atomic E-state index is 0.150. The van der Waals surface area contributed by atoms with Crippen molar-refractivity contribution in [2.24, 2.45) is 0 Å². The highest BCUT2D eigenvalue weighted by atomic mass is 32.1. The molecule has 0 aliphatic carbocycles. The Kier molecular flexibility index (Phi) is 4.90. The third-order valence-electron chi connectivity index (χ3n) is 3.56. The van der Waals surface area contributed by atoms with Gasteiger partial charge in [0.2, 0.25) is 10.6 Å². The fourth-order valence-corrected chi connectivity index (χ4v) is 2.99. The average Bonchev–Trinajstić information content (AvgIpc) is 3.04. The van der Waals surface area contributed by atoms with Crippen molar-refractivity contribution in [3.05, 3.63) is 62.8 Å². The fraction of sp³-hybridized carbons (Fsp3) is 0.235. The highest BCUT2D eigenvalue weighted by Gasteiger charge is 2.18. The number of anilines is 1. The maximum Gasteiger partial charge on any atom is 0.282 e. The van der Waals surface area contributed by atoms with Gasteiger partial charge in [-0.1, -0.05) is 37.3 Å². The summed E-state index contributed by atoms with van der Waals surface area (Å²) in [7, 11) is 0. The molecule has 134 valence electrons. The van der Waals surface area contributed by atoms with Crippen LogP contribution in [0.4, 0.5) is 9.52 Å². The first-order valence-corrected chi connectivity index (χ1v) is 8.69. The van der Waals surface area contributed by atoms with Crippen molar-refractivity contribution in [2.75, 3.05) is 5.32 Å². The van der Waals surface area contributed by atoms with Gasteiger partial charge in [-0.15, -0.1) is 10.2 Å². The van der Waals surface area contributed by atoms with Crippen molar-refractivity contribution < 1.29 is 9.18 Å². The van der Waals surface area contributed by atoms with Gasteiger partial charge < -0.3 is 0 Å². The minimum Gasteiger partial charge on any atom is -0.295 e. The van der Waals surface area contributed by atoms with Gasteiger partial charge in [-0.05, 0) is 19.1 Å². The average molecular weight is 373 g/mol. The molecule has 1 aromatic carbocycles. The number of hydrogen-bond donors (Lipinski definition) is 1. The van der Waals surface area contributed by atoms with Crippen LogP contribution in [0.1, 0.15) is 41.0 Å². The van der Waals surface area contributed by atoms with E-state index < -0.39 is 17.2 Å². The summed E-state index contributed by atoms with van der Waals surface area (Å²) < 4.78 is 15.3. The number of nitrogens with one attached hydrogen (secondary N) is 1. The molecule has 0 fully saturated rings. The van der Waals surface area contributed by atoms with E-state index in [1.165, 1.54) is 34.2 Å². The van der Waals surface area contributed by atoms with Crippen LogP contribution >= 0.6 is 11.3 Å². The Morgan fingerprint density at radius 1 is 1.27 bits per heavy atom. The van der Waals surface area contributed by atoms with E-state index in [0.29, 0.717) is 5.69 Å². The zero-order valence-corrected chi connectivity index (χ0v) is 15.2. The van der Waals surface area contributed by atoms with E-state index in [1.54, 1.807) is 19.1 Å². The van der Waals surface area contributed by atoms with E-state index in [9.17, 15) is 14.0 Å². The number of carbonyl (C=O) groups is 1. The summed E-state index contributed by atoms with van der Waals surface area (Å²) in [4.78, 5) is 24.6. The Bertz CT molecular complexity index is 1030. The Morgan fingerprint density at radius 3 is 2.65 bits per heavy atom. The number of aryl methyl sites for hydroxylation is 1. The summed E-state index contributed by atoms with van der Waals surface area (Å²) in [6, 6.07) is 7.23. The zero-order valence-electron chi connectivity index (χ0n) is 14.4. The quantitative estimate of drug-likeness (QED) is 0.759. The monoisotopic (exact) mass is 373 g/mol. The van der Waals surface area contributed by atoms with Gasteiger partial charge in [0.05, 0.1) is 0 Å². The van der Waals surface area contributed by atoms with Crippen LogP contribution in [0, 0.1) is 12.7 Å². The molecular formula is C17H16FN5O2S. The first-order chi connectivity index (χ1) is 12.4. The first kappa shape index (κ1) is 17.9. The summed E-state index contributed by atoms with van der Waals surface area (Å²) in [5.41, 5.74) is -0.340. The predicted octanol–water partition coefficient (Wildman–Crippen LogP) is 2.91. The molecule has 1 N–H and O–H groups in total. The van der Waals surface area contributed by atoms with Gasteiger partial charge in [-0.3, -0.25) is 14.9 Å². The van der Waals surface area contributed by atoms with Crippen molar-refractivity contribution in [2.45, 2.75) is 26.7 Å². The molecule has 0 unspecified atom stereocenters. The molecule has 0 aliphatic rings. The normalized spacial score (nSPS) is 11.0. The van der Waals surface area contributed by atoms with Crippen LogP contribution in [0.25, 0.3) is 5.69 Å². The lowest BCUT2D eigenvalue weighted by Crippen LogP contribution is -2.27. The molecule has 0 atom stereocenters. The number of carbonyl (C=O) groups excluding carboxylic acids is 1. The number of rotatable bonds is 4. The van der Waals surface area contributed by atoms with Gasteiger partial charge in [-0.25, -0.2) is 9.07 Å². The second-order valence-corrected chi connectivity index (χ2v) is 6.93. The van der Waals surface area contributed by atoms with E-state index in [-0.39, 0.29) is 22.4 Å². The van der Waals surface area contributed by atoms with Crippen LogP contribution in [0.15, 0.2) is 35.1 Å². The number of amides is 1. The second kappa shape index (κ2) is 7.12. The molecule has 26 heavy (non-hydrogen) atoms. The number of benzene rings is 1. The number of para-hydroxylation sites is 1. The van der Waals surface area contributed by atoms with Crippen molar-refractivity contribution in [1.82, 2.24) is 20.0 Å². The van der Waals surface area contributed by atoms with Crippen molar-refractivity contribution in [3.8, 4) is 5.69 Å². The van der Waals surface area contributed by atoms with Gasteiger partial charge >= 0.3 is 0 Å². The lowest BCUT2D eigenvalue weighted by molar-refractivity contribution is 0.101. The molecular weight excluding hydrogens is 357 g/mol. The van der Waals surface area contributed by atoms with Crippen molar-refractivity contribution >= 4 is 22.4 Å². The smallest absolute Gasteiger partial charge is 0.282 e. The van der Waals surface area contributed by atoms with E-state index in [1.807, 2.05) is 13.8 Å². The number of hydrogen-bond acceptors (Lipinski definition) is 6. The van der Waals surface area contributed by atoms with E-state index in [0.717, 1.165) is 5.01 Å².